The minimum absolute atomic E-state index is 0.0176. The first-order valence-electron chi connectivity index (χ1n) is 10.1. The molecule has 0 aliphatic rings. The second-order valence-electron chi connectivity index (χ2n) is 7.00. The zero-order valence-electron chi connectivity index (χ0n) is 17.6. The van der Waals surface area contributed by atoms with E-state index in [0.717, 1.165) is 29.0 Å². The van der Waals surface area contributed by atoms with Gasteiger partial charge in [-0.25, -0.2) is 4.98 Å². The Bertz CT molecular complexity index is 1350. The first-order chi connectivity index (χ1) is 16.5. The summed E-state index contributed by atoms with van der Waals surface area (Å²) in [5, 5.41) is 21.9. The van der Waals surface area contributed by atoms with Crippen molar-refractivity contribution in [3.8, 4) is 22.5 Å². The molecule has 4 aromatic rings. The Labute approximate surface area is 198 Å². The van der Waals surface area contributed by atoms with Crippen LogP contribution in [-0.2, 0) is 4.79 Å². The summed E-state index contributed by atoms with van der Waals surface area (Å²) in [5.74, 6) is -1.45. The summed E-state index contributed by atoms with van der Waals surface area (Å²) in [6.45, 7) is 0. The molecule has 0 radical (unpaired) electrons. The molecule has 1 heterocycles. The highest BCUT2D eigenvalue weighted by atomic mass is 32.2. The van der Waals surface area contributed by atoms with Crippen LogP contribution in [0.3, 0.4) is 0 Å². The first-order valence-corrected chi connectivity index (χ1v) is 11.1. The number of thioether (sulfide) groups is 1. The summed E-state index contributed by atoms with van der Waals surface area (Å²) in [7, 11) is 0. The van der Waals surface area contributed by atoms with Crippen molar-refractivity contribution in [3.05, 3.63) is 101 Å². The van der Waals surface area contributed by atoms with Crippen molar-refractivity contribution in [1.82, 2.24) is 20.5 Å². The summed E-state index contributed by atoms with van der Waals surface area (Å²) in [6, 6.07) is 24.2. The fraction of sp³-hybridized carbons (Fsp3) is 0.0417. The van der Waals surface area contributed by atoms with E-state index in [4.69, 9.17) is 0 Å². The van der Waals surface area contributed by atoms with E-state index in [1.165, 1.54) is 18.2 Å². The lowest BCUT2D eigenvalue weighted by Gasteiger charge is -2.09. The number of aromatic nitrogens is 3. The second-order valence-corrected chi connectivity index (χ2v) is 7.94. The van der Waals surface area contributed by atoms with Crippen molar-refractivity contribution in [2.75, 3.05) is 5.75 Å². The highest BCUT2D eigenvalue weighted by Crippen LogP contribution is 2.29. The molecule has 0 saturated carbocycles. The predicted molar refractivity (Wildman–Crippen MR) is 127 cm³/mol. The number of hydrogen-bond donors (Lipinski definition) is 1. The van der Waals surface area contributed by atoms with E-state index in [1.54, 1.807) is 0 Å². The lowest BCUT2D eigenvalue weighted by Crippen LogP contribution is -2.31. The molecule has 1 N–H and O–H groups in total. The third-order valence-corrected chi connectivity index (χ3v) is 5.50. The molecule has 0 fully saturated rings. The molecule has 0 saturated heterocycles. The first kappa shape index (κ1) is 22.7. The SMILES string of the molecule is O=C(CSc1nnc(-c2ccccc2)c(-c2ccccc2)n1)NC(=O)c1cccc([N+](=O)[O-])c1. The monoisotopic (exact) mass is 471 g/mol. The third kappa shape index (κ3) is 5.48. The highest BCUT2D eigenvalue weighted by Gasteiger charge is 2.17. The van der Waals surface area contributed by atoms with E-state index < -0.39 is 16.7 Å². The quantitative estimate of drug-likeness (QED) is 0.242. The number of nitrogens with one attached hydrogen (secondary N) is 1. The van der Waals surface area contributed by atoms with Gasteiger partial charge in [0, 0.05) is 28.8 Å². The van der Waals surface area contributed by atoms with Gasteiger partial charge in [0.25, 0.3) is 11.6 Å². The summed E-state index contributed by atoms with van der Waals surface area (Å²) in [6.07, 6.45) is 0. The number of rotatable bonds is 7. The normalized spacial score (nSPS) is 10.5. The average Bonchev–Trinajstić information content (AvgIpc) is 2.88. The maximum Gasteiger partial charge on any atom is 0.270 e. The number of hydrogen-bond acceptors (Lipinski definition) is 8. The van der Waals surface area contributed by atoms with Crippen LogP contribution in [0.4, 0.5) is 5.69 Å². The molecule has 0 aliphatic carbocycles. The molecule has 1 aromatic heterocycles. The van der Waals surface area contributed by atoms with Crippen molar-refractivity contribution in [1.29, 1.82) is 0 Å². The topological polar surface area (TPSA) is 128 Å². The van der Waals surface area contributed by atoms with E-state index >= 15 is 0 Å². The number of nitro benzene ring substituents is 1. The molecule has 0 atom stereocenters. The number of carbonyl (C=O) groups is 2. The van der Waals surface area contributed by atoms with Crippen molar-refractivity contribution in [2.24, 2.45) is 0 Å². The number of imide groups is 1. The van der Waals surface area contributed by atoms with Crippen molar-refractivity contribution in [3.63, 3.8) is 0 Å². The van der Waals surface area contributed by atoms with Crippen molar-refractivity contribution in [2.45, 2.75) is 5.16 Å². The number of nitrogens with zero attached hydrogens (tertiary/aromatic N) is 4. The van der Waals surface area contributed by atoms with Crippen LogP contribution < -0.4 is 5.32 Å². The Morgan fingerprint density at radius 3 is 2.15 bits per heavy atom. The number of benzene rings is 3. The molecule has 4 rings (SSSR count). The Balaban J connectivity index is 1.49. The number of amides is 2. The number of carbonyl (C=O) groups excluding carboxylic acids is 2. The Morgan fingerprint density at radius 1 is 0.853 bits per heavy atom. The van der Waals surface area contributed by atoms with Crippen molar-refractivity contribution >= 4 is 29.3 Å². The smallest absolute Gasteiger partial charge is 0.270 e. The van der Waals surface area contributed by atoms with Gasteiger partial charge >= 0.3 is 0 Å². The van der Waals surface area contributed by atoms with Gasteiger partial charge in [0.15, 0.2) is 0 Å². The third-order valence-electron chi connectivity index (χ3n) is 4.67. The van der Waals surface area contributed by atoms with Crippen LogP contribution in [0.2, 0.25) is 0 Å². The van der Waals surface area contributed by atoms with Crippen LogP contribution in [0, 0.1) is 10.1 Å². The standard InChI is InChI=1S/C24H17N5O4S/c30-20(25-23(31)18-12-7-13-19(14-18)29(32)33)15-34-24-26-21(16-8-3-1-4-9-16)22(27-28-24)17-10-5-2-6-11-17/h1-14H,15H2,(H,25,30,31). The van der Waals surface area contributed by atoms with Crippen LogP contribution in [0.1, 0.15) is 10.4 Å². The lowest BCUT2D eigenvalue weighted by atomic mass is 10.0. The van der Waals surface area contributed by atoms with Crippen LogP contribution in [-0.4, -0.2) is 37.7 Å². The van der Waals surface area contributed by atoms with Gasteiger partial charge in [0.1, 0.15) is 11.4 Å². The molecule has 168 valence electrons. The zero-order valence-corrected chi connectivity index (χ0v) is 18.4. The van der Waals surface area contributed by atoms with Crippen LogP contribution >= 0.6 is 11.8 Å². The summed E-state index contributed by atoms with van der Waals surface area (Å²) in [4.78, 5) is 39.5. The molecule has 0 spiro atoms. The molecule has 10 heteroatoms. The predicted octanol–water partition coefficient (Wildman–Crippen LogP) is 4.16. The van der Waals surface area contributed by atoms with E-state index in [-0.39, 0.29) is 22.2 Å². The largest absolute Gasteiger partial charge is 0.292 e. The summed E-state index contributed by atoms with van der Waals surface area (Å²) in [5.41, 5.74) is 2.73. The van der Waals surface area contributed by atoms with E-state index in [0.29, 0.717) is 11.4 Å². The Hall–Kier alpha value is -4.44. The maximum absolute atomic E-state index is 12.3. The van der Waals surface area contributed by atoms with Crippen LogP contribution in [0.25, 0.3) is 22.5 Å². The summed E-state index contributed by atoms with van der Waals surface area (Å²) < 4.78 is 0. The fourth-order valence-electron chi connectivity index (χ4n) is 3.09. The van der Waals surface area contributed by atoms with Gasteiger partial charge in [-0.1, -0.05) is 78.5 Å². The fourth-order valence-corrected chi connectivity index (χ4v) is 3.67. The molecule has 0 unspecified atom stereocenters. The average molecular weight is 471 g/mol. The molecule has 0 aliphatic heterocycles. The van der Waals surface area contributed by atoms with Gasteiger partial charge in [0.2, 0.25) is 11.1 Å². The Morgan fingerprint density at radius 2 is 1.50 bits per heavy atom. The molecular formula is C24H17N5O4S. The second kappa shape index (κ2) is 10.5. The molecule has 34 heavy (non-hydrogen) atoms. The minimum Gasteiger partial charge on any atom is -0.292 e. The van der Waals surface area contributed by atoms with Crippen molar-refractivity contribution < 1.29 is 14.5 Å². The van der Waals surface area contributed by atoms with Gasteiger partial charge in [-0.15, -0.1) is 10.2 Å². The number of nitro groups is 1. The maximum atomic E-state index is 12.3. The highest BCUT2D eigenvalue weighted by molar-refractivity contribution is 7.99. The van der Waals surface area contributed by atoms with Crippen LogP contribution in [0.5, 0.6) is 0 Å². The van der Waals surface area contributed by atoms with E-state index in [2.05, 4.69) is 20.5 Å². The zero-order chi connectivity index (χ0) is 23.9. The Kier molecular flexibility index (Phi) is 6.99. The summed E-state index contributed by atoms with van der Waals surface area (Å²) >= 11 is 1.03. The minimum atomic E-state index is -0.724. The van der Waals surface area contributed by atoms with Gasteiger partial charge in [-0.3, -0.25) is 25.0 Å². The molecule has 9 nitrogen and oxygen atoms in total. The molecule has 0 bridgehead atoms. The molecule has 3 aromatic carbocycles. The van der Waals surface area contributed by atoms with Gasteiger partial charge in [0.05, 0.1) is 10.7 Å². The lowest BCUT2D eigenvalue weighted by molar-refractivity contribution is -0.384. The molecular weight excluding hydrogens is 454 g/mol. The van der Waals surface area contributed by atoms with Gasteiger partial charge in [-0.05, 0) is 6.07 Å². The van der Waals surface area contributed by atoms with E-state index in [9.17, 15) is 19.7 Å². The van der Waals surface area contributed by atoms with Crippen LogP contribution in [0.15, 0.2) is 90.1 Å². The molecule has 2 amide bonds. The number of non-ortho nitro benzene ring substituents is 1. The van der Waals surface area contributed by atoms with Gasteiger partial charge in [-0.2, -0.15) is 0 Å². The van der Waals surface area contributed by atoms with E-state index in [1.807, 2.05) is 60.7 Å². The van der Waals surface area contributed by atoms with Gasteiger partial charge < -0.3 is 0 Å².